The number of sulfonamides is 1. The van der Waals surface area contributed by atoms with Crippen LogP contribution in [-0.4, -0.2) is 37.3 Å². The Morgan fingerprint density at radius 2 is 1.79 bits per heavy atom. The number of aromatic nitrogens is 2. The first-order chi connectivity index (χ1) is 13.2. The van der Waals surface area contributed by atoms with Crippen LogP contribution in [0.2, 0.25) is 10.0 Å². The summed E-state index contributed by atoms with van der Waals surface area (Å²) in [5.41, 5.74) is 1.03. The fourth-order valence-corrected chi connectivity index (χ4v) is 4.35. The van der Waals surface area contributed by atoms with Crippen molar-refractivity contribution in [2.75, 3.05) is 22.4 Å². The molecule has 3 rings (SSSR count). The highest BCUT2D eigenvalue weighted by Crippen LogP contribution is 2.29. The van der Waals surface area contributed by atoms with Crippen molar-refractivity contribution >= 4 is 61.3 Å². The second-order valence-corrected chi connectivity index (χ2v) is 9.42. The van der Waals surface area contributed by atoms with E-state index >= 15 is 0 Å². The third kappa shape index (κ3) is 4.99. The van der Waals surface area contributed by atoms with Crippen LogP contribution in [0.25, 0.3) is 10.6 Å². The van der Waals surface area contributed by atoms with Crippen LogP contribution >= 0.6 is 34.5 Å². The molecular formula is C17H14Cl2N4O3S2. The van der Waals surface area contributed by atoms with E-state index in [1.54, 1.807) is 42.5 Å². The molecule has 0 fully saturated rings. The predicted octanol–water partition coefficient (Wildman–Crippen LogP) is 3.92. The Kier molecular flexibility index (Phi) is 6.19. The number of hydrogen-bond donors (Lipinski definition) is 1. The van der Waals surface area contributed by atoms with Crippen LogP contribution in [0.15, 0.2) is 48.5 Å². The lowest BCUT2D eigenvalue weighted by Gasteiger charge is -2.22. The van der Waals surface area contributed by atoms with E-state index in [-0.39, 0.29) is 15.8 Å². The van der Waals surface area contributed by atoms with Crippen molar-refractivity contribution in [3.05, 3.63) is 58.6 Å². The van der Waals surface area contributed by atoms with Crippen LogP contribution in [0.5, 0.6) is 0 Å². The number of carbonyl (C=O) groups is 1. The molecule has 2 aromatic carbocycles. The maximum absolute atomic E-state index is 12.4. The molecule has 0 bridgehead atoms. The van der Waals surface area contributed by atoms with Gasteiger partial charge >= 0.3 is 0 Å². The normalized spacial score (nSPS) is 11.2. The number of hydrogen-bond acceptors (Lipinski definition) is 6. The Morgan fingerprint density at radius 1 is 1.11 bits per heavy atom. The summed E-state index contributed by atoms with van der Waals surface area (Å²) in [6.45, 7) is -0.446. The summed E-state index contributed by atoms with van der Waals surface area (Å²) in [6, 6.07) is 13.4. The summed E-state index contributed by atoms with van der Waals surface area (Å²) in [4.78, 5) is 12.4. The highest BCUT2D eigenvalue weighted by Gasteiger charge is 2.23. The summed E-state index contributed by atoms with van der Waals surface area (Å²) < 4.78 is 25.2. The number of benzene rings is 2. The number of rotatable bonds is 6. The summed E-state index contributed by atoms with van der Waals surface area (Å²) >= 11 is 13.1. The van der Waals surface area contributed by atoms with Gasteiger partial charge in [-0.1, -0.05) is 58.8 Å². The standard InChI is InChI=1S/C17H14Cl2N4O3S2/c1-28(25,26)23(14-5-3-2-4-13(14)19)10-15(24)20-17-22-21-16(27-17)11-6-8-12(18)9-7-11/h2-9H,10H2,1H3,(H,20,22,24). The monoisotopic (exact) mass is 456 g/mol. The van der Waals surface area contributed by atoms with Gasteiger partial charge in [0, 0.05) is 10.6 Å². The van der Waals surface area contributed by atoms with Crippen molar-refractivity contribution in [2.24, 2.45) is 0 Å². The van der Waals surface area contributed by atoms with E-state index in [1.807, 2.05) is 0 Å². The van der Waals surface area contributed by atoms with E-state index in [0.29, 0.717) is 10.0 Å². The second kappa shape index (κ2) is 8.44. The molecule has 1 heterocycles. The molecule has 0 unspecified atom stereocenters. The molecule has 0 aliphatic rings. The van der Waals surface area contributed by atoms with E-state index in [1.165, 1.54) is 6.07 Å². The van der Waals surface area contributed by atoms with Gasteiger partial charge in [-0.15, -0.1) is 10.2 Å². The van der Waals surface area contributed by atoms with Crippen molar-refractivity contribution in [3.63, 3.8) is 0 Å². The fourth-order valence-electron chi connectivity index (χ4n) is 2.31. The van der Waals surface area contributed by atoms with Gasteiger partial charge in [0.2, 0.25) is 21.1 Å². The van der Waals surface area contributed by atoms with E-state index < -0.39 is 22.5 Å². The molecule has 0 aliphatic heterocycles. The molecule has 146 valence electrons. The van der Waals surface area contributed by atoms with Gasteiger partial charge in [0.15, 0.2) is 0 Å². The first-order valence-corrected chi connectivity index (χ1v) is 11.3. The quantitative estimate of drug-likeness (QED) is 0.606. The number of carbonyl (C=O) groups excluding carboxylic acids is 1. The fraction of sp³-hybridized carbons (Fsp3) is 0.118. The molecule has 11 heteroatoms. The largest absolute Gasteiger partial charge is 0.299 e. The molecule has 3 aromatic rings. The Labute approximate surface area is 176 Å². The lowest BCUT2D eigenvalue weighted by atomic mass is 10.2. The number of anilines is 2. The molecule has 7 nitrogen and oxygen atoms in total. The average molecular weight is 457 g/mol. The van der Waals surface area contributed by atoms with Crippen molar-refractivity contribution < 1.29 is 13.2 Å². The summed E-state index contributed by atoms with van der Waals surface area (Å²) in [5, 5.41) is 12.2. The van der Waals surface area contributed by atoms with E-state index in [4.69, 9.17) is 23.2 Å². The summed E-state index contributed by atoms with van der Waals surface area (Å²) in [5.74, 6) is -0.566. The Bertz CT molecular complexity index is 1100. The SMILES string of the molecule is CS(=O)(=O)N(CC(=O)Nc1nnc(-c2ccc(Cl)cc2)s1)c1ccccc1Cl. The van der Waals surface area contributed by atoms with Gasteiger partial charge in [-0.25, -0.2) is 8.42 Å². The van der Waals surface area contributed by atoms with Gasteiger partial charge < -0.3 is 0 Å². The molecule has 1 amide bonds. The van der Waals surface area contributed by atoms with Crippen LogP contribution in [0.3, 0.4) is 0 Å². The molecular weight excluding hydrogens is 443 g/mol. The first-order valence-electron chi connectivity index (χ1n) is 7.85. The van der Waals surface area contributed by atoms with Gasteiger partial charge in [-0.3, -0.25) is 14.4 Å². The summed E-state index contributed by atoms with van der Waals surface area (Å²) in [6.07, 6.45) is 1.01. The lowest BCUT2D eigenvalue weighted by molar-refractivity contribution is -0.114. The zero-order chi connectivity index (χ0) is 20.3. The molecule has 0 atom stereocenters. The zero-order valence-corrected chi connectivity index (χ0v) is 17.6. The summed E-state index contributed by atoms with van der Waals surface area (Å²) in [7, 11) is -3.73. The average Bonchev–Trinajstić information content (AvgIpc) is 3.08. The minimum Gasteiger partial charge on any atom is -0.299 e. The van der Waals surface area contributed by atoms with Crippen molar-refractivity contribution in [1.29, 1.82) is 0 Å². The van der Waals surface area contributed by atoms with Crippen LogP contribution in [0.1, 0.15) is 0 Å². The second-order valence-electron chi connectivity index (χ2n) is 5.69. The Balaban J connectivity index is 1.75. The van der Waals surface area contributed by atoms with E-state index in [2.05, 4.69) is 15.5 Å². The van der Waals surface area contributed by atoms with Crippen LogP contribution < -0.4 is 9.62 Å². The molecule has 0 spiro atoms. The Morgan fingerprint density at radius 3 is 2.43 bits per heavy atom. The van der Waals surface area contributed by atoms with Gasteiger partial charge in [0.05, 0.1) is 17.0 Å². The maximum atomic E-state index is 12.4. The topological polar surface area (TPSA) is 92.3 Å². The maximum Gasteiger partial charge on any atom is 0.246 e. The molecule has 0 radical (unpaired) electrons. The van der Waals surface area contributed by atoms with Gasteiger partial charge in [-0.05, 0) is 24.3 Å². The highest BCUT2D eigenvalue weighted by molar-refractivity contribution is 7.92. The number of amides is 1. The minimum absolute atomic E-state index is 0.223. The van der Waals surface area contributed by atoms with E-state index in [9.17, 15) is 13.2 Å². The number of halogens is 2. The van der Waals surface area contributed by atoms with Gasteiger partial charge in [0.25, 0.3) is 0 Å². The molecule has 0 saturated heterocycles. The minimum atomic E-state index is -3.73. The molecule has 0 aliphatic carbocycles. The van der Waals surface area contributed by atoms with Crippen molar-refractivity contribution in [2.45, 2.75) is 0 Å². The molecule has 1 aromatic heterocycles. The first kappa shape index (κ1) is 20.5. The third-order valence-corrected chi connectivity index (χ3v) is 6.16. The van der Waals surface area contributed by atoms with Crippen LogP contribution in [-0.2, 0) is 14.8 Å². The number of nitrogens with one attached hydrogen (secondary N) is 1. The van der Waals surface area contributed by atoms with Gasteiger partial charge in [0.1, 0.15) is 11.6 Å². The Hall–Kier alpha value is -2.20. The predicted molar refractivity (Wildman–Crippen MR) is 113 cm³/mol. The number of nitrogens with zero attached hydrogens (tertiary/aromatic N) is 3. The van der Waals surface area contributed by atoms with Crippen LogP contribution in [0.4, 0.5) is 10.8 Å². The molecule has 0 saturated carbocycles. The zero-order valence-electron chi connectivity index (χ0n) is 14.5. The smallest absolute Gasteiger partial charge is 0.246 e. The highest BCUT2D eigenvalue weighted by atomic mass is 35.5. The molecule has 1 N–H and O–H groups in total. The van der Waals surface area contributed by atoms with E-state index in [0.717, 1.165) is 27.5 Å². The van der Waals surface area contributed by atoms with Gasteiger partial charge in [-0.2, -0.15) is 0 Å². The number of para-hydroxylation sites is 1. The van der Waals surface area contributed by atoms with Crippen LogP contribution in [0, 0.1) is 0 Å². The van der Waals surface area contributed by atoms with Crippen molar-refractivity contribution in [3.8, 4) is 10.6 Å². The third-order valence-electron chi connectivity index (χ3n) is 3.57. The van der Waals surface area contributed by atoms with Crippen molar-refractivity contribution in [1.82, 2.24) is 10.2 Å². The molecule has 28 heavy (non-hydrogen) atoms. The lowest BCUT2D eigenvalue weighted by Crippen LogP contribution is -2.37.